The van der Waals surface area contributed by atoms with Crippen molar-refractivity contribution in [2.24, 2.45) is 0 Å². The molecule has 5 rings (SSSR count). The first-order chi connectivity index (χ1) is 15.4. The number of halogens is 1. The number of ether oxygens (including phenoxy) is 1. The second-order valence-corrected chi connectivity index (χ2v) is 10.1. The quantitative estimate of drug-likeness (QED) is 0.683. The van der Waals surface area contributed by atoms with Crippen LogP contribution in [0.1, 0.15) is 34.3 Å². The van der Waals surface area contributed by atoms with Crippen molar-refractivity contribution in [2.45, 2.75) is 31.0 Å². The maximum Gasteiger partial charge on any atom is 0.243 e. The van der Waals surface area contributed by atoms with E-state index in [-0.39, 0.29) is 5.60 Å². The molecule has 7 heteroatoms. The zero-order valence-corrected chi connectivity index (χ0v) is 19.1. The van der Waals surface area contributed by atoms with Gasteiger partial charge >= 0.3 is 0 Å². The van der Waals surface area contributed by atoms with Gasteiger partial charge in [0.05, 0.1) is 6.10 Å². The molecule has 2 heterocycles. The summed E-state index contributed by atoms with van der Waals surface area (Å²) in [5.41, 5.74) is 1.72. The van der Waals surface area contributed by atoms with E-state index in [9.17, 15) is 14.7 Å². The van der Waals surface area contributed by atoms with Gasteiger partial charge in [0.25, 0.3) is 0 Å². The molecular formula is C25H24ClNO4S. The van der Waals surface area contributed by atoms with Crippen LogP contribution >= 0.6 is 23.4 Å². The summed E-state index contributed by atoms with van der Waals surface area (Å²) in [6.45, 7) is 2.24. The van der Waals surface area contributed by atoms with Crippen molar-refractivity contribution in [3.8, 4) is 0 Å². The third-order valence-electron chi connectivity index (χ3n) is 6.44. The summed E-state index contributed by atoms with van der Waals surface area (Å²) in [4.78, 5) is 27.8. The van der Waals surface area contributed by atoms with Gasteiger partial charge in [-0.2, -0.15) is 0 Å². The van der Waals surface area contributed by atoms with Crippen molar-refractivity contribution in [3.63, 3.8) is 0 Å². The van der Waals surface area contributed by atoms with E-state index in [1.807, 2.05) is 30.3 Å². The maximum absolute atomic E-state index is 12.6. The minimum absolute atomic E-state index is 0.359. The van der Waals surface area contributed by atoms with Crippen molar-refractivity contribution in [3.05, 3.63) is 75.1 Å². The summed E-state index contributed by atoms with van der Waals surface area (Å²) in [5.74, 6) is 0.156. The number of aliphatic hydroxyl groups is 1. The van der Waals surface area contributed by atoms with Gasteiger partial charge in [0, 0.05) is 54.4 Å². The third-order valence-corrected chi connectivity index (χ3v) is 8.00. The monoisotopic (exact) mass is 469 g/mol. The number of fused-ring (bicyclic) bond motifs is 2. The SMILES string of the molecule is O=C1C(=O)c2ccc(Cl)cc2C2=C1SCC1(CCN(C[C@@H](O)Cc3ccccc3)CC1)O2. The molecule has 0 unspecified atom stereocenters. The molecule has 1 aliphatic carbocycles. The van der Waals surface area contributed by atoms with E-state index in [0.717, 1.165) is 31.5 Å². The second-order valence-electron chi connectivity index (χ2n) is 8.72. The van der Waals surface area contributed by atoms with Crippen LogP contribution in [-0.4, -0.2) is 58.7 Å². The zero-order valence-electron chi connectivity index (χ0n) is 17.6. The van der Waals surface area contributed by atoms with Crippen molar-refractivity contribution in [2.75, 3.05) is 25.4 Å². The molecule has 3 aliphatic rings. The van der Waals surface area contributed by atoms with E-state index in [2.05, 4.69) is 4.90 Å². The highest BCUT2D eigenvalue weighted by Crippen LogP contribution is 2.47. The number of nitrogens with zero attached hydrogens (tertiary/aromatic N) is 1. The molecule has 32 heavy (non-hydrogen) atoms. The Labute approximate surface area is 196 Å². The van der Waals surface area contributed by atoms with E-state index in [1.165, 1.54) is 11.8 Å². The number of hydrogen-bond donors (Lipinski definition) is 1. The van der Waals surface area contributed by atoms with Crippen LogP contribution in [0.3, 0.4) is 0 Å². The summed E-state index contributed by atoms with van der Waals surface area (Å²) in [5, 5.41) is 11.0. The Hall–Kier alpha value is -2.12. The minimum atomic E-state index is -0.496. The molecule has 0 saturated carbocycles. The van der Waals surface area contributed by atoms with Crippen molar-refractivity contribution in [1.82, 2.24) is 4.90 Å². The van der Waals surface area contributed by atoms with E-state index in [4.69, 9.17) is 16.3 Å². The van der Waals surface area contributed by atoms with Gasteiger partial charge < -0.3 is 14.7 Å². The Morgan fingerprint density at radius 1 is 1.06 bits per heavy atom. The average molecular weight is 470 g/mol. The predicted molar refractivity (Wildman–Crippen MR) is 126 cm³/mol. The molecule has 1 fully saturated rings. The smallest absolute Gasteiger partial charge is 0.243 e. The molecule has 1 saturated heterocycles. The molecular weight excluding hydrogens is 446 g/mol. The lowest BCUT2D eigenvalue weighted by atomic mass is 9.89. The normalized spacial score (nSPS) is 21.2. The first-order valence-corrected chi connectivity index (χ1v) is 12.2. The fraction of sp³-hybridized carbons (Fsp3) is 0.360. The molecule has 1 spiro atoms. The first kappa shape index (κ1) is 21.7. The van der Waals surface area contributed by atoms with E-state index in [0.29, 0.717) is 45.5 Å². The van der Waals surface area contributed by atoms with Gasteiger partial charge in [-0.25, -0.2) is 0 Å². The molecule has 166 valence electrons. The van der Waals surface area contributed by atoms with Crippen LogP contribution in [0.25, 0.3) is 5.76 Å². The number of benzene rings is 2. The van der Waals surface area contributed by atoms with Gasteiger partial charge in [-0.15, -0.1) is 11.8 Å². The zero-order chi connectivity index (χ0) is 22.3. The van der Waals surface area contributed by atoms with Crippen molar-refractivity contribution < 1.29 is 19.4 Å². The minimum Gasteiger partial charge on any atom is -0.484 e. The first-order valence-electron chi connectivity index (χ1n) is 10.8. The number of allylic oxidation sites excluding steroid dienone is 1. The average Bonchev–Trinajstić information content (AvgIpc) is 2.80. The highest BCUT2D eigenvalue weighted by Gasteiger charge is 2.46. The number of Topliss-reactive ketones (excluding diaryl/α,β-unsaturated/α-hetero) is 2. The number of rotatable bonds is 4. The Morgan fingerprint density at radius 2 is 1.81 bits per heavy atom. The lowest BCUT2D eigenvalue weighted by Gasteiger charge is -2.45. The number of aliphatic hydroxyl groups excluding tert-OH is 1. The van der Waals surface area contributed by atoms with Crippen molar-refractivity contribution >= 4 is 40.7 Å². The molecule has 0 radical (unpaired) electrons. The lowest BCUT2D eigenvalue weighted by Crippen LogP contribution is -2.50. The van der Waals surface area contributed by atoms with Gasteiger partial charge in [-0.05, 0) is 30.2 Å². The Kier molecular flexibility index (Phi) is 5.88. The maximum atomic E-state index is 12.6. The summed E-state index contributed by atoms with van der Waals surface area (Å²) in [6.07, 6.45) is 1.82. The molecule has 2 aromatic rings. The van der Waals surface area contributed by atoms with Crippen LogP contribution in [0.5, 0.6) is 0 Å². The number of carbonyl (C=O) groups excluding carboxylic acids is 2. The van der Waals surface area contributed by atoms with Crippen LogP contribution in [0, 0.1) is 0 Å². The number of piperidine rings is 1. The molecule has 0 bridgehead atoms. The third kappa shape index (κ3) is 4.13. The highest BCUT2D eigenvalue weighted by atomic mass is 35.5. The van der Waals surface area contributed by atoms with Crippen LogP contribution in [-0.2, 0) is 16.0 Å². The molecule has 1 atom stereocenters. The summed E-state index contributed by atoms with van der Waals surface area (Å²) in [7, 11) is 0. The van der Waals surface area contributed by atoms with Crippen LogP contribution < -0.4 is 0 Å². The van der Waals surface area contributed by atoms with Gasteiger partial charge in [0.1, 0.15) is 16.3 Å². The van der Waals surface area contributed by atoms with Crippen LogP contribution in [0.15, 0.2) is 53.4 Å². The number of β-amino-alcohol motifs (C(OH)–C–C–N with tert-alkyl or cyclic N) is 1. The second kappa shape index (κ2) is 8.67. The number of ketones is 2. The van der Waals surface area contributed by atoms with E-state index < -0.39 is 17.7 Å². The van der Waals surface area contributed by atoms with E-state index in [1.54, 1.807) is 18.2 Å². The van der Waals surface area contributed by atoms with Crippen LogP contribution in [0.2, 0.25) is 5.02 Å². The Morgan fingerprint density at radius 3 is 2.56 bits per heavy atom. The molecule has 5 nitrogen and oxygen atoms in total. The number of carbonyl (C=O) groups is 2. The topological polar surface area (TPSA) is 66.8 Å². The van der Waals surface area contributed by atoms with Crippen LogP contribution in [0.4, 0.5) is 0 Å². The predicted octanol–water partition coefficient (Wildman–Crippen LogP) is 3.98. The molecule has 2 aromatic carbocycles. The summed E-state index contributed by atoms with van der Waals surface area (Å²) >= 11 is 7.61. The Balaban J connectivity index is 1.27. The fourth-order valence-electron chi connectivity index (χ4n) is 4.67. The molecule has 0 aromatic heterocycles. The lowest BCUT2D eigenvalue weighted by molar-refractivity contribution is -0.111. The van der Waals surface area contributed by atoms with Gasteiger partial charge in [-0.1, -0.05) is 41.9 Å². The van der Waals surface area contributed by atoms with Gasteiger partial charge in [0.2, 0.25) is 11.6 Å². The fourth-order valence-corrected chi connectivity index (χ4v) is 6.11. The highest BCUT2D eigenvalue weighted by molar-refractivity contribution is 8.04. The van der Waals surface area contributed by atoms with E-state index >= 15 is 0 Å². The number of thioether (sulfide) groups is 1. The largest absolute Gasteiger partial charge is 0.484 e. The Bertz CT molecular complexity index is 1090. The number of hydrogen-bond acceptors (Lipinski definition) is 6. The molecule has 1 N–H and O–H groups in total. The molecule has 0 amide bonds. The van der Waals surface area contributed by atoms with Crippen molar-refractivity contribution in [1.29, 1.82) is 0 Å². The molecule has 2 aliphatic heterocycles. The van der Waals surface area contributed by atoms with Gasteiger partial charge in [-0.3, -0.25) is 9.59 Å². The summed E-state index contributed by atoms with van der Waals surface area (Å²) in [6, 6.07) is 15.0. The van der Waals surface area contributed by atoms with Gasteiger partial charge in [0.15, 0.2) is 0 Å². The summed E-state index contributed by atoms with van der Waals surface area (Å²) < 4.78 is 6.51. The number of likely N-dealkylation sites (tertiary alicyclic amines) is 1. The standard InChI is InChI=1S/C25H24ClNO4S/c26-17-6-7-19-20(13-17)23-24(22(30)21(19)29)32-15-25(31-23)8-10-27(11-9-25)14-18(28)12-16-4-2-1-3-5-16/h1-7,13,18,28H,8-12,14-15H2/t18-/m0/s1.